The zero-order chi connectivity index (χ0) is 23.4. The quantitative estimate of drug-likeness (QED) is 0.258. The van der Waals surface area contributed by atoms with Gasteiger partial charge in [-0.3, -0.25) is 10.1 Å². The molecule has 0 fully saturated rings. The molecule has 0 aliphatic carbocycles. The van der Waals surface area contributed by atoms with Crippen molar-refractivity contribution in [2.75, 3.05) is 13.7 Å². The lowest BCUT2D eigenvalue weighted by atomic mass is 9.89. The number of methoxy groups -OCH3 is 1. The molecular weight excluding hydrogens is 406 g/mol. The third kappa shape index (κ3) is 4.75. The summed E-state index contributed by atoms with van der Waals surface area (Å²) in [6.07, 6.45) is 1.97. The second kappa shape index (κ2) is 9.56. The van der Waals surface area contributed by atoms with Gasteiger partial charge in [-0.05, 0) is 80.3 Å². The maximum atomic E-state index is 12.1. The Hall–Kier alpha value is -3.80. The first-order valence-electron chi connectivity index (χ1n) is 10.3. The van der Waals surface area contributed by atoms with E-state index in [0.717, 1.165) is 22.3 Å². The van der Waals surface area contributed by atoms with Crippen LogP contribution in [0.5, 0.6) is 17.2 Å². The van der Waals surface area contributed by atoms with E-state index in [4.69, 9.17) is 9.47 Å². The summed E-state index contributed by atoms with van der Waals surface area (Å²) < 4.78 is 11.3. The second-order valence-corrected chi connectivity index (χ2v) is 7.85. The van der Waals surface area contributed by atoms with Crippen LogP contribution in [-0.2, 0) is 0 Å². The van der Waals surface area contributed by atoms with E-state index < -0.39 is 0 Å². The molecule has 0 heterocycles. The zero-order valence-electron chi connectivity index (χ0n) is 18.9. The van der Waals surface area contributed by atoms with Gasteiger partial charge in [-0.15, -0.1) is 0 Å². The second-order valence-electron chi connectivity index (χ2n) is 7.85. The highest BCUT2D eigenvalue weighted by Crippen LogP contribution is 2.43. The molecule has 0 amide bonds. The first kappa shape index (κ1) is 22.9. The van der Waals surface area contributed by atoms with Gasteiger partial charge in [0.1, 0.15) is 12.4 Å². The molecule has 32 heavy (non-hydrogen) atoms. The summed E-state index contributed by atoms with van der Waals surface area (Å²) >= 11 is 0. The molecule has 6 heteroatoms. The van der Waals surface area contributed by atoms with Crippen LogP contribution in [0.4, 0.5) is 5.69 Å². The highest BCUT2D eigenvalue weighted by molar-refractivity contribution is 5.86. The van der Waals surface area contributed by atoms with E-state index in [-0.39, 0.29) is 16.4 Å². The third-order valence-corrected chi connectivity index (χ3v) is 5.29. The predicted octanol–water partition coefficient (Wildman–Crippen LogP) is 6.60. The number of aromatic hydroxyl groups is 1. The predicted molar refractivity (Wildman–Crippen MR) is 127 cm³/mol. The molecule has 0 radical (unpaired) electrons. The number of allylic oxidation sites excluding steroid dienone is 1. The van der Waals surface area contributed by atoms with Crippen LogP contribution in [0.15, 0.2) is 60.2 Å². The monoisotopic (exact) mass is 433 g/mol. The Kier molecular flexibility index (Phi) is 6.83. The number of nitro benzene ring substituents is 1. The third-order valence-electron chi connectivity index (χ3n) is 5.29. The van der Waals surface area contributed by atoms with Gasteiger partial charge in [-0.1, -0.05) is 29.8 Å². The van der Waals surface area contributed by atoms with Gasteiger partial charge in [0.05, 0.1) is 17.6 Å². The number of ether oxygens (including phenoxy) is 2. The van der Waals surface area contributed by atoms with Crippen molar-refractivity contribution in [3.8, 4) is 39.5 Å². The van der Waals surface area contributed by atoms with E-state index in [1.807, 2.05) is 39.0 Å². The van der Waals surface area contributed by atoms with Crippen molar-refractivity contribution < 1.29 is 19.5 Å². The van der Waals surface area contributed by atoms with Gasteiger partial charge in [0, 0.05) is 5.56 Å². The lowest BCUT2D eigenvalue weighted by Gasteiger charge is -2.16. The van der Waals surface area contributed by atoms with Crippen molar-refractivity contribution in [2.45, 2.75) is 27.7 Å². The van der Waals surface area contributed by atoms with Crippen LogP contribution in [0, 0.1) is 24.0 Å². The fourth-order valence-electron chi connectivity index (χ4n) is 3.67. The smallest absolute Gasteiger partial charge is 0.280 e. The minimum atomic E-state index is -0.340. The molecule has 0 aliphatic rings. The van der Waals surface area contributed by atoms with Crippen LogP contribution >= 0.6 is 0 Å². The zero-order valence-corrected chi connectivity index (χ0v) is 18.9. The Morgan fingerprint density at radius 2 is 1.69 bits per heavy atom. The van der Waals surface area contributed by atoms with Crippen molar-refractivity contribution in [3.63, 3.8) is 0 Å². The molecule has 0 atom stereocenters. The van der Waals surface area contributed by atoms with E-state index >= 15 is 0 Å². The van der Waals surface area contributed by atoms with Crippen LogP contribution in [0.1, 0.15) is 25.0 Å². The van der Waals surface area contributed by atoms with Crippen LogP contribution in [0.2, 0.25) is 0 Å². The van der Waals surface area contributed by atoms with Gasteiger partial charge >= 0.3 is 0 Å². The van der Waals surface area contributed by atoms with Gasteiger partial charge in [-0.25, -0.2) is 0 Å². The average Bonchev–Trinajstić information content (AvgIpc) is 2.75. The molecule has 0 spiro atoms. The molecule has 3 rings (SSSR count). The topological polar surface area (TPSA) is 81.8 Å². The highest BCUT2D eigenvalue weighted by Gasteiger charge is 2.25. The molecule has 166 valence electrons. The van der Waals surface area contributed by atoms with Gasteiger partial charge < -0.3 is 14.6 Å². The highest BCUT2D eigenvalue weighted by atomic mass is 16.6. The molecule has 3 aromatic carbocycles. The van der Waals surface area contributed by atoms with Gasteiger partial charge in [0.15, 0.2) is 11.5 Å². The molecule has 3 aromatic rings. The molecule has 0 aromatic heterocycles. The van der Waals surface area contributed by atoms with Gasteiger partial charge in [0.25, 0.3) is 5.69 Å². The minimum Gasteiger partial charge on any atom is -0.508 e. The van der Waals surface area contributed by atoms with E-state index in [2.05, 4.69) is 0 Å². The minimum absolute atomic E-state index is 0.0494. The number of rotatable bonds is 7. The average molecular weight is 434 g/mol. The fraction of sp³-hybridized carbons (Fsp3) is 0.231. The van der Waals surface area contributed by atoms with Crippen molar-refractivity contribution in [3.05, 3.63) is 81.4 Å². The summed E-state index contributed by atoms with van der Waals surface area (Å²) in [5.74, 6) is 1.23. The molecule has 0 saturated carbocycles. The summed E-state index contributed by atoms with van der Waals surface area (Å²) in [7, 11) is 1.55. The van der Waals surface area contributed by atoms with Gasteiger partial charge in [0.2, 0.25) is 0 Å². The first-order chi connectivity index (χ1) is 15.2. The van der Waals surface area contributed by atoms with Crippen LogP contribution < -0.4 is 9.47 Å². The molecule has 6 nitrogen and oxygen atoms in total. The standard InChI is InChI=1S/C26H27NO5/c1-16(2)12-13-32-23-11-8-20(15-24(23)31-5)25-17(3)14-22(18(4)26(25)27(29)30)19-6-9-21(28)10-7-19/h6-12,14-15,28H,13H2,1-5H3. The van der Waals surface area contributed by atoms with E-state index in [1.54, 1.807) is 50.4 Å². The lowest BCUT2D eigenvalue weighted by Crippen LogP contribution is -2.01. The fourth-order valence-corrected chi connectivity index (χ4v) is 3.67. The van der Waals surface area contributed by atoms with E-state index in [1.165, 1.54) is 0 Å². The molecule has 1 N–H and O–H groups in total. The van der Waals surface area contributed by atoms with Crippen LogP contribution in [0.25, 0.3) is 22.3 Å². The maximum absolute atomic E-state index is 12.1. The SMILES string of the molecule is COc1cc(-c2c(C)cc(-c3ccc(O)cc3)c(C)c2[N+](=O)[O-])ccc1OCC=C(C)C. The number of phenols is 1. The van der Waals surface area contributed by atoms with E-state index in [9.17, 15) is 15.2 Å². The van der Waals surface area contributed by atoms with Crippen LogP contribution in [0.3, 0.4) is 0 Å². The number of hydrogen-bond acceptors (Lipinski definition) is 5. The molecule has 0 bridgehead atoms. The maximum Gasteiger partial charge on any atom is 0.280 e. The molecule has 0 saturated heterocycles. The van der Waals surface area contributed by atoms with Crippen molar-refractivity contribution in [2.24, 2.45) is 0 Å². The number of hydrogen-bond donors (Lipinski definition) is 1. The van der Waals surface area contributed by atoms with E-state index in [0.29, 0.717) is 34.8 Å². The number of nitro groups is 1. The van der Waals surface area contributed by atoms with Crippen LogP contribution in [-0.4, -0.2) is 23.7 Å². The van der Waals surface area contributed by atoms with Gasteiger partial charge in [-0.2, -0.15) is 0 Å². The summed E-state index contributed by atoms with van der Waals surface area (Å²) in [6.45, 7) is 8.01. The van der Waals surface area contributed by atoms with Crippen molar-refractivity contribution in [1.29, 1.82) is 0 Å². The summed E-state index contributed by atoms with van der Waals surface area (Å²) in [5.41, 5.74) is 5.31. The number of aryl methyl sites for hydroxylation is 1. The molecule has 0 aliphatic heterocycles. The van der Waals surface area contributed by atoms with Crippen molar-refractivity contribution in [1.82, 2.24) is 0 Å². The number of phenolic OH excluding ortho intramolecular Hbond substituents is 1. The first-order valence-corrected chi connectivity index (χ1v) is 10.3. The molecule has 0 unspecified atom stereocenters. The Bertz CT molecular complexity index is 1180. The van der Waals surface area contributed by atoms with Crippen molar-refractivity contribution >= 4 is 5.69 Å². The number of nitrogens with zero attached hydrogens (tertiary/aromatic N) is 1. The Morgan fingerprint density at radius 3 is 2.28 bits per heavy atom. The largest absolute Gasteiger partial charge is 0.508 e. The summed E-state index contributed by atoms with van der Waals surface area (Å²) in [5, 5.41) is 21.7. The Labute approximate surface area is 187 Å². The number of benzene rings is 3. The summed E-state index contributed by atoms with van der Waals surface area (Å²) in [4.78, 5) is 11.8. The summed E-state index contributed by atoms with van der Waals surface area (Å²) in [6, 6.07) is 14.0. The Balaban J connectivity index is 2.13. The molecular formula is C26H27NO5. The Morgan fingerprint density at radius 1 is 1.03 bits per heavy atom. The normalized spacial score (nSPS) is 10.5. The lowest BCUT2D eigenvalue weighted by molar-refractivity contribution is -0.384.